The lowest BCUT2D eigenvalue weighted by molar-refractivity contribution is -0.135. The summed E-state index contributed by atoms with van der Waals surface area (Å²) in [6, 6.07) is 9.66. The molecular weight excluding hydrogens is 296 g/mol. The standard InChI is InChI=1S/C17H20N2O2S/c20-16(21)11-19(15-8-2-1-3-9-15)10-14-12-22-17(18-14)13-6-4-5-7-13/h1-3,8-9,12-13H,4-7,10-11H2,(H,20,21). The van der Waals surface area contributed by atoms with E-state index >= 15 is 0 Å². The summed E-state index contributed by atoms with van der Waals surface area (Å²) >= 11 is 1.72. The van der Waals surface area contributed by atoms with E-state index in [0.29, 0.717) is 12.5 Å². The molecule has 0 aliphatic heterocycles. The van der Waals surface area contributed by atoms with Gasteiger partial charge in [0.05, 0.1) is 17.2 Å². The van der Waals surface area contributed by atoms with Crippen molar-refractivity contribution in [3.8, 4) is 0 Å². The van der Waals surface area contributed by atoms with Crippen molar-refractivity contribution in [2.24, 2.45) is 0 Å². The third-order valence-corrected chi connectivity index (χ3v) is 5.13. The lowest BCUT2D eigenvalue weighted by Crippen LogP contribution is -2.29. The van der Waals surface area contributed by atoms with Crippen LogP contribution in [0.25, 0.3) is 0 Å². The summed E-state index contributed by atoms with van der Waals surface area (Å²) in [4.78, 5) is 17.7. The van der Waals surface area contributed by atoms with Crippen LogP contribution in [0, 0.1) is 0 Å². The molecule has 5 heteroatoms. The highest BCUT2D eigenvalue weighted by Crippen LogP contribution is 2.35. The Kier molecular flexibility index (Phi) is 4.73. The molecule has 1 aliphatic rings. The monoisotopic (exact) mass is 316 g/mol. The summed E-state index contributed by atoms with van der Waals surface area (Å²) in [5, 5.41) is 12.4. The molecule has 1 aromatic heterocycles. The first-order chi connectivity index (χ1) is 10.7. The summed E-state index contributed by atoms with van der Waals surface area (Å²) in [6.45, 7) is 0.528. The molecule has 0 radical (unpaired) electrons. The van der Waals surface area contributed by atoms with Gasteiger partial charge in [-0.15, -0.1) is 11.3 Å². The molecule has 0 saturated heterocycles. The predicted molar refractivity (Wildman–Crippen MR) is 88.5 cm³/mol. The van der Waals surface area contributed by atoms with Crippen LogP contribution in [0.2, 0.25) is 0 Å². The second kappa shape index (κ2) is 6.92. The maximum Gasteiger partial charge on any atom is 0.323 e. The van der Waals surface area contributed by atoms with Gasteiger partial charge in [0.25, 0.3) is 0 Å². The zero-order valence-electron chi connectivity index (χ0n) is 12.4. The van der Waals surface area contributed by atoms with Crippen LogP contribution in [-0.2, 0) is 11.3 Å². The number of benzene rings is 1. The van der Waals surface area contributed by atoms with Crippen LogP contribution in [-0.4, -0.2) is 22.6 Å². The Morgan fingerprint density at radius 1 is 1.27 bits per heavy atom. The largest absolute Gasteiger partial charge is 0.480 e. The van der Waals surface area contributed by atoms with E-state index in [0.717, 1.165) is 11.4 Å². The lowest BCUT2D eigenvalue weighted by atomic mass is 10.1. The van der Waals surface area contributed by atoms with Crippen molar-refractivity contribution in [2.45, 2.75) is 38.1 Å². The molecular formula is C17H20N2O2S. The number of rotatable bonds is 6. The van der Waals surface area contributed by atoms with E-state index in [9.17, 15) is 4.79 Å². The Labute approximate surface area is 134 Å². The second-order valence-electron chi connectivity index (χ2n) is 5.74. The Bertz CT molecular complexity index is 621. The minimum Gasteiger partial charge on any atom is -0.480 e. The molecule has 0 amide bonds. The second-order valence-corrected chi connectivity index (χ2v) is 6.63. The van der Waals surface area contributed by atoms with Gasteiger partial charge in [-0.05, 0) is 25.0 Å². The third kappa shape index (κ3) is 3.65. The van der Waals surface area contributed by atoms with Gasteiger partial charge in [-0.3, -0.25) is 4.79 Å². The van der Waals surface area contributed by atoms with Gasteiger partial charge in [0, 0.05) is 17.0 Å². The number of aliphatic carboxylic acids is 1. The molecule has 1 N–H and O–H groups in total. The maximum atomic E-state index is 11.1. The van der Waals surface area contributed by atoms with E-state index < -0.39 is 5.97 Å². The van der Waals surface area contributed by atoms with Crippen molar-refractivity contribution in [3.63, 3.8) is 0 Å². The molecule has 1 heterocycles. The summed E-state index contributed by atoms with van der Waals surface area (Å²) in [5.74, 6) is -0.210. The quantitative estimate of drug-likeness (QED) is 0.878. The van der Waals surface area contributed by atoms with Crippen LogP contribution in [0.15, 0.2) is 35.7 Å². The van der Waals surface area contributed by atoms with Crippen LogP contribution in [0.4, 0.5) is 5.69 Å². The zero-order valence-corrected chi connectivity index (χ0v) is 13.3. The number of nitrogens with zero attached hydrogens (tertiary/aromatic N) is 2. The summed E-state index contributed by atoms with van der Waals surface area (Å²) in [6.07, 6.45) is 5.08. The molecule has 0 spiro atoms. The molecule has 0 bridgehead atoms. The first-order valence-electron chi connectivity index (χ1n) is 7.68. The number of hydrogen-bond acceptors (Lipinski definition) is 4. The van der Waals surface area contributed by atoms with Crippen LogP contribution in [0.1, 0.15) is 42.3 Å². The van der Waals surface area contributed by atoms with Gasteiger partial charge in [-0.1, -0.05) is 31.0 Å². The topological polar surface area (TPSA) is 53.4 Å². The molecule has 0 atom stereocenters. The molecule has 0 unspecified atom stereocenters. The Balaban J connectivity index is 1.74. The number of aromatic nitrogens is 1. The normalized spacial score (nSPS) is 15.1. The van der Waals surface area contributed by atoms with E-state index in [4.69, 9.17) is 10.1 Å². The molecule has 116 valence electrons. The zero-order chi connectivity index (χ0) is 15.4. The lowest BCUT2D eigenvalue weighted by Gasteiger charge is -2.21. The van der Waals surface area contributed by atoms with E-state index in [1.54, 1.807) is 11.3 Å². The van der Waals surface area contributed by atoms with Crippen LogP contribution >= 0.6 is 11.3 Å². The first-order valence-corrected chi connectivity index (χ1v) is 8.56. The van der Waals surface area contributed by atoms with Crippen molar-refractivity contribution in [2.75, 3.05) is 11.4 Å². The molecule has 2 aromatic rings. The van der Waals surface area contributed by atoms with Gasteiger partial charge in [0.15, 0.2) is 0 Å². The van der Waals surface area contributed by atoms with Crippen LogP contribution < -0.4 is 4.90 Å². The van der Waals surface area contributed by atoms with Crippen molar-refractivity contribution in [1.82, 2.24) is 4.98 Å². The van der Waals surface area contributed by atoms with E-state index in [1.165, 1.54) is 30.7 Å². The average molecular weight is 316 g/mol. The molecule has 1 aliphatic carbocycles. The number of carboxylic acids is 1. The predicted octanol–water partition coefficient (Wildman–Crippen LogP) is 3.89. The van der Waals surface area contributed by atoms with Crippen LogP contribution in [0.3, 0.4) is 0 Å². The molecule has 3 rings (SSSR count). The average Bonchev–Trinajstić information content (AvgIpc) is 3.18. The van der Waals surface area contributed by atoms with Crippen molar-refractivity contribution in [1.29, 1.82) is 0 Å². The van der Waals surface area contributed by atoms with Gasteiger partial charge in [-0.2, -0.15) is 0 Å². The number of para-hydroxylation sites is 1. The highest BCUT2D eigenvalue weighted by molar-refractivity contribution is 7.09. The van der Waals surface area contributed by atoms with Crippen molar-refractivity contribution >= 4 is 23.0 Å². The SMILES string of the molecule is O=C(O)CN(Cc1csc(C2CCCC2)n1)c1ccccc1. The van der Waals surface area contributed by atoms with Crippen LogP contribution in [0.5, 0.6) is 0 Å². The minimum absolute atomic E-state index is 0.0136. The fourth-order valence-corrected chi connectivity index (χ4v) is 3.97. The fraction of sp³-hybridized carbons (Fsp3) is 0.412. The molecule has 1 aromatic carbocycles. The molecule has 1 fully saturated rings. The fourth-order valence-electron chi connectivity index (χ4n) is 2.99. The van der Waals surface area contributed by atoms with E-state index in [1.807, 2.05) is 35.2 Å². The summed E-state index contributed by atoms with van der Waals surface area (Å²) < 4.78 is 0. The molecule has 4 nitrogen and oxygen atoms in total. The highest BCUT2D eigenvalue weighted by atomic mass is 32.1. The maximum absolute atomic E-state index is 11.1. The number of carboxylic acid groups (broad SMARTS) is 1. The van der Waals surface area contributed by atoms with Crippen molar-refractivity contribution < 1.29 is 9.90 Å². The Hall–Kier alpha value is -1.88. The Morgan fingerprint density at radius 2 is 2.00 bits per heavy atom. The molecule has 1 saturated carbocycles. The van der Waals surface area contributed by atoms with E-state index in [2.05, 4.69) is 5.38 Å². The van der Waals surface area contributed by atoms with Gasteiger partial charge in [0.1, 0.15) is 6.54 Å². The molecule has 22 heavy (non-hydrogen) atoms. The van der Waals surface area contributed by atoms with Crippen molar-refractivity contribution in [3.05, 3.63) is 46.4 Å². The Morgan fingerprint density at radius 3 is 2.68 bits per heavy atom. The highest BCUT2D eigenvalue weighted by Gasteiger charge is 2.21. The first kappa shape index (κ1) is 15.0. The summed E-state index contributed by atoms with van der Waals surface area (Å²) in [7, 11) is 0. The van der Waals surface area contributed by atoms with Gasteiger partial charge >= 0.3 is 5.97 Å². The summed E-state index contributed by atoms with van der Waals surface area (Å²) in [5.41, 5.74) is 1.89. The minimum atomic E-state index is -0.824. The number of hydrogen-bond donors (Lipinski definition) is 1. The van der Waals surface area contributed by atoms with Gasteiger partial charge in [-0.25, -0.2) is 4.98 Å². The number of carbonyl (C=O) groups is 1. The number of thiazole rings is 1. The van der Waals surface area contributed by atoms with E-state index in [-0.39, 0.29) is 6.54 Å². The van der Waals surface area contributed by atoms with Gasteiger partial charge < -0.3 is 10.0 Å². The number of anilines is 1. The smallest absolute Gasteiger partial charge is 0.323 e. The third-order valence-electron chi connectivity index (χ3n) is 4.07. The van der Waals surface area contributed by atoms with Gasteiger partial charge in [0.2, 0.25) is 0 Å².